The number of halogens is 1. The highest BCUT2D eigenvalue weighted by molar-refractivity contribution is 9.10. The van der Waals surface area contributed by atoms with Crippen LogP contribution in [0.15, 0.2) is 75.3 Å². The molecule has 0 spiro atoms. The topological polar surface area (TPSA) is 30.5 Å². The fraction of sp³-hybridized carbons (Fsp3) is 0.222. The molecular formula is C18H18BrNO2. The van der Waals surface area contributed by atoms with E-state index in [0.29, 0.717) is 0 Å². The third-order valence-electron chi connectivity index (χ3n) is 3.85. The van der Waals surface area contributed by atoms with E-state index in [0.717, 1.165) is 32.9 Å². The Labute approximate surface area is 139 Å². The summed E-state index contributed by atoms with van der Waals surface area (Å²) in [6.07, 6.45) is 6.26. The minimum Gasteiger partial charge on any atom is -0.493 e. The monoisotopic (exact) mass is 359 g/mol. The Morgan fingerprint density at radius 3 is 2.64 bits per heavy atom. The maximum atomic E-state index is 5.54. The average Bonchev–Trinajstić information content (AvgIpc) is 2.91. The number of methoxy groups -OCH3 is 2. The second-order valence-corrected chi connectivity index (χ2v) is 6.18. The fourth-order valence-electron chi connectivity index (χ4n) is 2.90. The van der Waals surface area contributed by atoms with Gasteiger partial charge in [0.15, 0.2) is 11.5 Å². The molecule has 0 bridgehead atoms. The van der Waals surface area contributed by atoms with Crippen LogP contribution in [0.2, 0.25) is 0 Å². The zero-order valence-electron chi connectivity index (χ0n) is 12.8. The molecule has 0 radical (unpaired) electrons. The van der Waals surface area contributed by atoms with E-state index in [9.17, 15) is 0 Å². The van der Waals surface area contributed by atoms with E-state index in [4.69, 9.17) is 9.47 Å². The van der Waals surface area contributed by atoms with Crippen LogP contribution in [-0.4, -0.2) is 14.2 Å². The molecule has 3 rings (SSSR count). The van der Waals surface area contributed by atoms with Gasteiger partial charge in [0, 0.05) is 27.3 Å². The SMILES string of the molecule is COC1=CC(C)C2=C(Nc3cccc(Br)c3)C=CC2=C1OC. The van der Waals surface area contributed by atoms with Crippen molar-refractivity contribution < 1.29 is 9.47 Å². The summed E-state index contributed by atoms with van der Waals surface area (Å²) in [6, 6.07) is 8.14. The lowest BCUT2D eigenvalue weighted by molar-refractivity contribution is 0.214. The first-order valence-corrected chi connectivity index (χ1v) is 7.93. The molecule has 0 fully saturated rings. The lowest BCUT2D eigenvalue weighted by atomic mass is 9.89. The third-order valence-corrected chi connectivity index (χ3v) is 4.34. The van der Waals surface area contributed by atoms with E-state index >= 15 is 0 Å². The first-order chi connectivity index (χ1) is 10.6. The maximum absolute atomic E-state index is 5.54. The van der Waals surface area contributed by atoms with Crippen molar-refractivity contribution in [1.82, 2.24) is 0 Å². The molecule has 3 nitrogen and oxygen atoms in total. The standard InChI is InChI=1S/C18H18BrNO2/c1-11-9-16(21-2)18(22-3)14-7-8-15(17(11)14)20-13-6-4-5-12(19)10-13/h4-11,20H,1-3H3. The van der Waals surface area contributed by atoms with Gasteiger partial charge in [0.2, 0.25) is 0 Å². The number of allylic oxidation sites excluding steroid dienone is 5. The van der Waals surface area contributed by atoms with Gasteiger partial charge >= 0.3 is 0 Å². The predicted octanol–water partition coefficient (Wildman–Crippen LogP) is 4.77. The molecule has 114 valence electrons. The molecule has 0 saturated heterocycles. The van der Waals surface area contributed by atoms with E-state index in [1.54, 1.807) is 14.2 Å². The highest BCUT2D eigenvalue weighted by Crippen LogP contribution is 2.40. The largest absolute Gasteiger partial charge is 0.493 e. The summed E-state index contributed by atoms with van der Waals surface area (Å²) in [5.41, 5.74) is 4.47. The second kappa shape index (κ2) is 6.05. The Kier molecular flexibility index (Phi) is 4.12. The van der Waals surface area contributed by atoms with Crippen molar-refractivity contribution in [1.29, 1.82) is 0 Å². The van der Waals surface area contributed by atoms with Gasteiger partial charge < -0.3 is 14.8 Å². The zero-order valence-corrected chi connectivity index (χ0v) is 14.4. The van der Waals surface area contributed by atoms with Gasteiger partial charge in [0.1, 0.15) is 0 Å². The van der Waals surface area contributed by atoms with Crippen LogP contribution in [0.5, 0.6) is 0 Å². The molecule has 1 aromatic carbocycles. The smallest absolute Gasteiger partial charge is 0.167 e. The van der Waals surface area contributed by atoms with Crippen molar-refractivity contribution in [2.45, 2.75) is 6.92 Å². The molecule has 0 aromatic heterocycles. The zero-order chi connectivity index (χ0) is 15.7. The molecule has 1 N–H and O–H groups in total. The second-order valence-electron chi connectivity index (χ2n) is 5.27. The number of nitrogens with one attached hydrogen (secondary N) is 1. The number of hydrogen-bond donors (Lipinski definition) is 1. The fourth-order valence-corrected chi connectivity index (χ4v) is 3.30. The van der Waals surface area contributed by atoms with Crippen molar-refractivity contribution >= 4 is 21.6 Å². The van der Waals surface area contributed by atoms with E-state index in [2.05, 4.69) is 58.5 Å². The molecule has 1 aromatic rings. The lowest BCUT2D eigenvalue weighted by Crippen LogP contribution is -2.13. The number of fused-ring (bicyclic) bond motifs is 1. The summed E-state index contributed by atoms with van der Waals surface area (Å²) in [4.78, 5) is 0. The Morgan fingerprint density at radius 2 is 1.95 bits per heavy atom. The van der Waals surface area contributed by atoms with Crippen LogP contribution in [0.1, 0.15) is 6.92 Å². The highest BCUT2D eigenvalue weighted by Gasteiger charge is 2.29. The lowest BCUT2D eigenvalue weighted by Gasteiger charge is -2.24. The average molecular weight is 360 g/mol. The summed E-state index contributed by atoms with van der Waals surface area (Å²) < 4.78 is 12.0. The summed E-state index contributed by atoms with van der Waals surface area (Å²) in [7, 11) is 3.35. The van der Waals surface area contributed by atoms with Crippen molar-refractivity contribution in [2.75, 3.05) is 19.5 Å². The van der Waals surface area contributed by atoms with E-state index < -0.39 is 0 Å². The first-order valence-electron chi connectivity index (χ1n) is 7.13. The van der Waals surface area contributed by atoms with Gasteiger partial charge in [-0.25, -0.2) is 0 Å². The molecule has 2 aliphatic rings. The quantitative estimate of drug-likeness (QED) is 0.839. The number of rotatable bonds is 4. The summed E-state index contributed by atoms with van der Waals surface area (Å²) in [6.45, 7) is 2.16. The van der Waals surface area contributed by atoms with Crippen LogP contribution in [0.25, 0.3) is 0 Å². The number of ether oxygens (including phenoxy) is 2. The van der Waals surface area contributed by atoms with E-state index in [-0.39, 0.29) is 5.92 Å². The highest BCUT2D eigenvalue weighted by atomic mass is 79.9. The third kappa shape index (κ3) is 2.59. The van der Waals surface area contributed by atoms with Crippen LogP contribution in [0.3, 0.4) is 0 Å². The Bertz CT molecular complexity index is 728. The molecule has 2 aliphatic carbocycles. The summed E-state index contributed by atoms with van der Waals surface area (Å²) in [5.74, 6) is 1.84. The van der Waals surface area contributed by atoms with Crippen LogP contribution >= 0.6 is 15.9 Å². The molecule has 0 saturated carbocycles. The maximum Gasteiger partial charge on any atom is 0.167 e. The molecule has 0 aliphatic heterocycles. The molecular weight excluding hydrogens is 342 g/mol. The Morgan fingerprint density at radius 1 is 1.14 bits per heavy atom. The van der Waals surface area contributed by atoms with Gasteiger partial charge in [-0.3, -0.25) is 0 Å². The van der Waals surface area contributed by atoms with Gasteiger partial charge in [-0.05, 0) is 42.0 Å². The van der Waals surface area contributed by atoms with Crippen LogP contribution in [0.4, 0.5) is 5.69 Å². The Hall–Kier alpha value is -1.94. The summed E-state index contributed by atoms with van der Waals surface area (Å²) >= 11 is 3.50. The minimum absolute atomic E-state index is 0.258. The van der Waals surface area contributed by atoms with Crippen LogP contribution in [0, 0.1) is 5.92 Å². The van der Waals surface area contributed by atoms with Gasteiger partial charge in [-0.2, -0.15) is 0 Å². The molecule has 1 unspecified atom stereocenters. The van der Waals surface area contributed by atoms with Crippen LogP contribution in [-0.2, 0) is 9.47 Å². The molecule has 22 heavy (non-hydrogen) atoms. The minimum atomic E-state index is 0.258. The number of anilines is 1. The molecule has 4 heteroatoms. The van der Waals surface area contributed by atoms with Crippen molar-refractivity contribution in [2.24, 2.45) is 5.92 Å². The predicted molar refractivity (Wildman–Crippen MR) is 92.2 cm³/mol. The van der Waals surface area contributed by atoms with Crippen molar-refractivity contribution in [3.63, 3.8) is 0 Å². The molecule has 0 amide bonds. The Balaban J connectivity index is 2.00. The van der Waals surface area contributed by atoms with Crippen molar-refractivity contribution in [3.05, 3.63) is 75.3 Å². The van der Waals surface area contributed by atoms with E-state index in [1.165, 1.54) is 5.57 Å². The van der Waals surface area contributed by atoms with Gasteiger partial charge in [-0.15, -0.1) is 0 Å². The molecule has 1 atom stereocenters. The molecule has 0 heterocycles. The normalized spacial score (nSPS) is 20.0. The van der Waals surface area contributed by atoms with Crippen LogP contribution < -0.4 is 5.32 Å². The van der Waals surface area contributed by atoms with Gasteiger partial charge in [0.05, 0.1) is 14.2 Å². The van der Waals surface area contributed by atoms with Gasteiger partial charge in [-0.1, -0.05) is 28.9 Å². The van der Waals surface area contributed by atoms with Crippen molar-refractivity contribution in [3.8, 4) is 0 Å². The first kappa shape index (κ1) is 15.0. The number of benzene rings is 1. The van der Waals surface area contributed by atoms with Gasteiger partial charge in [0.25, 0.3) is 0 Å². The number of hydrogen-bond acceptors (Lipinski definition) is 3. The summed E-state index contributed by atoms with van der Waals surface area (Å²) in [5, 5.41) is 3.49. The van der Waals surface area contributed by atoms with E-state index in [1.807, 2.05) is 12.1 Å².